The molecule has 0 unspecified atom stereocenters. The molecule has 0 saturated carbocycles. The summed E-state index contributed by atoms with van der Waals surface area (Å²) in [5, 5.41) is 6.95. The largest absolute Gasteiger partial charge is 0.456 e. The van der Waals surface area contributed by atoms with Gasteiger partial charge in [0.25, 0.3) is 0 Å². The van der Waals surface area contributed by atoms with Crippen LogP contribution in [0.3, 0.4) is 0 Å². The Morgan fingerprint density at radius 3 is 1.39 bits per heavy atom. The Hall–Kier alpha value is -4.50. The van der Waals surface area contributed by atoms with Gasteiger partial charge in [0.1, 0.15) is 11.2 Å². The van der Waals surface area contributed by atoms with Gasteiger partial charge in [0.05, 0.1) is 0 Å². The molecule has 0 radical (unpaired) electrons. The summed E-state index contributed by atoms with van der Waals surface area (Å²) >= 11 is 0. The molecule has 0 aliphatic heterocycles. The minimum atomic E-state index is 0.875. The van der Waals surface area contributed by atoms with Gasteiger partial charge in [-0.2, -0.15) is 0 Å². The van der Waals surface area contributed by atoms with Crippen LogP contribution >= 0.6 is 0 Å². The molecule has 0 aliphatic carbocycles. The molecule has 0 aliphatic rings. The zero-order valence-corrected chi connectivity index (χ0v) is 17.7. The van der Waals surface area contributed by atoms with Crippen molar-refractivity contribution in [3.63, 3.8) is 0 Å². The maximum absolute atomic E-state index is 6.60. The van der Waals surface area contributed by atoms with Crippen LogP contribution in [0.1, 0.15) is 0 Å². The number of benzene rings is 4. The molecular formula is C30H18N2O. The fourth-order valence-corrected chi connectivity index (χ4v) is 5.03. The zero-order chi connectivity index (χ0) is 21.8. The second-order valence-electron chi connectivity index (χ2n) is 8.26. The molecule has 0 amide bonds. The highest BCUT2D eigenvalue weighted by Crippen LogP contribution is 2.41. The average Bonchev–Trinajstić information content (AvgIpc) is 3.03. The van der Waals surface area contributed by atoms with Gasteiger partial charge < -0.3 is 4.42 Å². The monoisotopic (exact) mass is 422 g/mol. The van der Waals surface area contributed by atoms with Crippen molar-refractivity contribution < 1.29 is 4.42 Å². The molecule has 0 bridgehead atoms. The Morgan fingerprint density at radius 1 is 0.455 bits per heavy atom. The lowest BCUT2D eigenvalue weighted by molar-refractivity contribution is 0.664. The van der Waals surface area contributed by atoms with Crippen LogP contribution in [0.4, 0.5) is 0 Å². The van der Waals surface area contributed by atoms with Crippen molar-refractivity contribution >= 4 is 43.5 Å². The predicted octanol–water partition coefficient (Wildman–Crippen LogP) is 8.02. The highest BCUT2D eigenvalue weighted by molar-refractivity contribution is 6.26. The minimum Gasteiger partial charge on any atom is -0.456 e. The van der Waals surface area contributed by atoms with Gasteiger partial charge in [-0.3, -0.25) is 9.97 Å². The molecule has 33 heavy (non-hydrogen) atoms. The van der Waals surface area contributed by atoms with Crippen LogP contribution in [0.2, 0.25) is 0 Å². The van der Waals surface area contributed by atoms with Gasteiger partial charge in [-0.05, 0) is 69.1 Å². The van der Waals surface area contributed by atoms with Crippen molar-refractivity contribution in [2.45, 2.75) is 0 Å². The molecule has 154 valence electrons. The van der Waals surface area contributed by atoms with Crippen LogP contribution in [0.5, 0.6) is 0 Å². The van der Waals surface area contributed by atoms with Crippen molar-refractivity contribution in [1.29, 1.82) is 0 Å². The first-order chi connectivity index (χ1) is 16.4. The maximum Gasteiger partial charge on any atom is 0.135 e. The number of rotatable bonds is 2. The maximum atomic E-state index is 6.60. The van der Waals surface area contributed by atoms with Gasteiger partial charge >= 0.3 is 0 Å². The topological polar surface area (TPSA) is 38.9 Å². The summed E-state index contributed by atoms with van der Waals surface area (Å²) in [4.78, 5) is 8.66. The van der Waals surface area contributed by atoms with Crippen molar-refractivity contribution in [2.24, 2.45) is 0 Å². The fourth-order valence-electron chi connectivity index (χ4n) is 5.03. The van der Waals surface area contributed by atoms with E-state index in [4.69, 9.17) is 4.42 Å². The summed E-state index contributed by atoms with van der Waals surface area (Å²) in [5.74, 6) is 0. The average molecular weight is 422 g/mol. The lowest BCUT2D eigenvalue weighted by Crippen LogP contribution is -1.84. The standard InChI is InChI=1S/C30H18N2O/c1-7-23-21(19-5-3-15-31-17-19)11-13-27-29(23)25(9-1)26-10-2-8-24-22(20-6-4-16-32-18-20)12-14-28(33-27)30(24)26/h1-18H. The highest BCUT2D eigenvalue weighted by atomic mass is 16.3. The summed E-state index contributed by atoms with van der Waals surface area (Å²) in [6.45, 7) is 0. The summed E-state index contributed by atoms with van der Waals surface area (Å²) in [6, 6.07) is 29.6. The van der Waals surface area contributed by atoms with Gasteiger partial charge in [-0.1, -0.05) is 48.5 Å². The number of pyridine rings is 2. The van der Waals surface area contributed by atoms with Crippen LogP contribution < -0.4 is 0 Å². The normalized spacial score (nSPS) is 11.6. The molecule has 0 N–H and O–H groups in total. The van der Waals surface area contributed by atoms with E-state index in [9.17, 15) is 0 Å². The molecule has 0 saturated heterocycles. The first kappa shape index (κ1) is 18.1. The van der Waals surface area contributed by atoms with E-state index in [2.05, 4.69) is 82.8 Å². The van der Waals surface area contributed by atoms with E-state index in [0.29, 0.717) is 0 Å². The zero-order valence-electron chi connectivity index (χ0n) is 17.7. The number of hydrogen-bond acceptors (Lipinski definition) is 3. The number of fused-ring (bicyclic) bond motifs is 1. The molecule has 0 atom stereocenters. The molecule has 3 heterocycles. The number of hydrogen-bond donors (Lipinski definition) is 0. The minimum absolute atomic E-state index is 0.875. The Bertz CT molecular complexity index is 1670. The van der Waals surface area contributed by atoms with Gasteiger partial charge in [0.2, 0.25) is 0 Å². The van der Waals surface area contributed by atoms with Gasteiger partial charge in [0, 0.05) is 46.7 Å². The molecule has 0 spiro atoms. The Kier molecular flexibility index (Phi) is 3.84. The molecule has 4 aromatic carbocycles. The Morgan fingerprint density at radius 2 is 0.939 bits per heavy atom. The fraction of sp³-hybridized carbons (Fsp3) is 0. The van der Waals surface area contributed by atoms with Gasteiger partial charge in [-0.15, -0.1) is 0 Å². The number of nitrogens with zero attached hydrogens (tertiary/aromatic N) is 2. The van der Waals surface area contributed by atoms with Crippen molar-refractivity contribution in [3.8, 4) is 22.3 Å². The van der Waals surface area contributed by atoms with Crippen molar-refractivity contribution in [1.82, 2.24) is 9.97 Å². The smallest absolute Gasteiger partial charge is 0.135 e. The first-order valence-corrected chi connectivity index (χ1v) is 11.0. The molecule has 7 rings (SSSR count). The summed E-state index contributed by atoms with van der Waals surface area (Å²) in [5.41, 5.74) is 6.25. The van der Waals surface area contributed by atoms with Gasteiger partial charge in [0.15, 0.2) is 0 Å². The third kappa shape index (κ3) is 2.69. The quantitative estimate of drug-likeness (QED) is 0.283. The van der Waals surface area contributed by atoms with Crippen LogP contribution in [0.25, 0.3) is 65.7 Å². The van der Waals surface area contributed by atoms with Crippen LogP contribution in [-0.2, 0) is 0 Å². The molecule has 3 heteroatoms. The summed E-state index contributed by atoms with van der Waals surface area (Å²) < 4.78 is 6.60. The van der Waals surface area contributed by atoms with Crippen LogP contribution in [0.15, 0.2) is 114 Å². The van der Waals surface area contributed by atoms with E-state index in [1.165, 1.54) is 10.8 Å². The van der Waals surface area contributed by atoms with E-state index in [1.807, 2.05) is 24.5 Å². The van der Waals surface area contributed by atoms with E-state index >= 15 is 0 Å². The Labute approximate surface area is 190 Å². The highest BCUT2D eigenvalue weighted by Gasteiger charge is 2.15. The molecule has 7 aromatic rings. The molecular weight excluding hydrogens is 404 g/mol. The van der Waals surface area contributed by atoms with Gasteiger partial charge in [-0.25, -0.2) is 0 Å². The lowest BCUT2D eigenvalue weighted by atomic mass is 9.93. The lowest BCUT2D eigenvalue weighted by Gasteiger charge is -2.09. The van der Waals surface area contributed by atoms with E-state index in [1.54, 1.807) is 12.4 Å². The van der Waals surface area contributed by atoms with Crippen molar-refractivity contribution in [2.75, 3.05) is 0 Å². The van der Waals surface area contributed by atoms with Crippen LogP contribution in [0, 0.1) is 0 Å². The third-order valence-corrected chi connectivity index (χ3v) is 6.46. The predicted molar refractivity (Wildman–Crippen MR) is 135 cm³/mol. The van der Waals surface area contributed by atoms with Crippen LogP contribution in [-0.4, -0.2) is 9.97 Å². The number of aromatic nitrogens is 2. The second-order valence-corrected chi connectivity index (χ2v) is 8.26. The molecule has 3 nitrogen and oxygen atoms in total. The van der Waals surface area contributed by atoms with E-state index in [0.717, 1.165) is 55.0 Å². The first-order valence-electron chi connectivity index (χ1n) is 11.0. The molecule has 3 aromatic heterocycles. The third-order valence-electron chi connectivity index (χ3n) is 6.46. The summed E-state index contributed by atoms with van der Waals surface area (Å²) in [6.07, 6.45) is 7.44. The summed E-state index contributed by atoms with van der Waals surface area (Å²) in [7, 11) is 0. The van der Waals surface area contributed by atoms with E-state index in [-0.39, 0.29) is 0 Å². The second kappa shape index (κ2) is 7.01. The van der Waals surface area contributed by atoms with Crippen molar-refractivity contribution in [3.05, 3.63) is 110 Å². The molecule has 0 fully saturated rings. The van der Waals surface area contributed by atoms with E-state index < -0.39 is 0 Å². The SMILES string of the molecule is c1cncc(-c2ccc3oc4ccc(-c5cccnc5)c5cccc(c6cccc2c36)c45)c1. The Balaban J connectivity index is 1.67.